The fraction of sp³-hybridized carbons (Fsp3) is 0.321. The number of aryl methyl sites for hydroxylation is 2. The zero-order chi connectivity index (χ0) is 27.4. The van der Waals surface area contributed by atoms with Crippen LogP contribution < -0.4 is 4.74 Å². The van der Waals surface area contributed by atoms with E-state index in [0.29, 0.717) is 48.3 Å². The second-order valence-electron chi connectivity index (χ2n) is 9.42. The van der Waals surface area contributed by atoms with Crippen LogP contribution in [0.1, 0.15) is 28.0 Å². The van der Waals surface area contributed by atoms with Crippen LogP contribution in [0.2, 0.25) is 5.02 Å². The Morgan fingerprint density at radius 1 is 1.00 bits per heavy atom. The zero-order valence-corrected chi connectivity index (χ0v) is 24.0. The maximum atomic E-state index is 13.1. The van der Waals surface area contributed by atoms with Crippen LogP contribution in [-0.2, 0) is 23.2 Å². The van der Waals surface area contributed by atoms with Gasteiger partial charge in [0, 0.05) is 63.1 Å². The molecular weight excluding hydrogens is 572 g/mol. The summed E-state index contributed by atoms with van der Waals surface area (Å²) in [5, 5.41) is 0.495. The van der Waals surface area contributed by atoms with Crippen LogP contribution in [0.25, 0.3) is 0 Å². The molecule has 0 N–H and O–H groups in total. The molecule has 0 spiro atoms. The van der Waals surface area contributed by atoms with Gasteiger partial charge in [0.05, 0.1) is 5.02 Å². The van der Waals surface area contributed by atoms with E-state index >= 15 is 0 Å². The van der Waals surface area contributed by atoms with E-state index in [-0.39, 0.29) is 19.0 Å². The van der Waals surface area contributed by atoms with Gasteiger partial charge < -0.3 is 24.0 Å². The van der Waals surface area contributed by atoms with Crippen molar-refractivity contribution in [3.63, 3.8) is 0 Å². The number of hydrogen-bond donors (Lipinski definition) is 0. The lowest BCUT2D eigenvalue weighted by atomic mass is 10.2. The predicted molar refractivity (Wildman–Crippen MR) is 149 cm³/mol. The Morgan fingerprint density at radius 2 is 1.68 bits per heavy atom. The molecular formula is C28H30BrClN4O4. The number of carbonyl (C=O) groups is 3. The van der Waals surface area contributed by atoms with Gasteiger partial charge in [0.2, 0.25) is 0 Å². The van der Waals surface area contributed by atoms with E-state index in [9.17, 15) is 14.4 Å². The van der Waals surface area contributed by atoms with Crippen LogP contribution in [-0.4, -0.2) is 70.2 Å². The first-order valence-corrected chi connectivity index (χ1v) is 13.5. The van der Waals surface area contributed by atoms with E-state index in [1.54, 1.807) is 35.8 Å². The second-order valence-corrected chi connectivity index (χ2v) is 10.8. The number of carbonyl (C=O) groups excluding carboxylic acids is 3. The molecule has 1 fully saturated rings. The smallest absolute Gasteiger partial charge is 0.312 e. The van der Waals surface area contributed by atoms with Crippen LogP contribution in [0.4, 0.5) is 0 Å². The van der Waals surface area contributed by atoms with Gasteiger partial charge in [0.1, 0.15) is 17.2 Å². The Kier molecular flexibility index (Phi) is 8.79. The van der Waals surface area contributed by atoms with Gasteiger partial charge in [-0.2, -0.15) is 0 Å². The predicted octanol–water partition coefficient (Wildman–Crippen LogP) is 4.87. The first-order chi connectivity index (χ1) is 18.1. The van der Waals surface area contributed by atoms with Crippen LogP contribution in [0.5, 0.6) is 11.5 Å². The molecule has 2 aromatic carbocycles. The van der Waals surface area contributed by atoms with E-state index in [4.69, 9.17) is 16.3 Å². The molecule has 8 nitrogen and oxygen atoms in total. The summed E-state index contributed by atoms with van der Waals surface area (Å²) in [6.07, 6.45) is 2.26. The zero-order valence-electron chi connectivity index (χ0n) is 21.6. The molecule has 1 aliphatic heterocycles. The summed E-state index contributed by atoms with van der Waals surface area (Å²) >= 11 is 9.51. The third kappa shape index (κ3) is 6.57. The molecule has 3 amide bonds. The molecule has 10 heteroatoms. The lowest BCUT2D eigenvalue weighted by Gasteiger charge is -2.25. The number of rotatable bonds is 5. The highest BCUT2D eigenvalue weighted by Gasteiger charge is 2.29. The van der Waals surface area contributed by atoms with Gasteiger partial charge in [-0.05, 0) is 43.7 Å². The number of hydrogen-bond acceptors (Lipinski definition) is 4. The molecule has 0 aliphatic carbocycles. The molecule has 38 heavy (non-hydrogen) atoms. The summed E-state index contributed by atoms with van der Waals surface area (Å²) in [6.45, 7) is 3.72. The van der Waals surface area contributed by atoms with Crippen LogP contribution in [0, 0.1) is 6.92 Å². The van der Waals surface area contributed by atoms with E-state index in [0.717, 1.165) is 15.6 Å². The third-order valence-corrected chi connectivity index (χ3v) is 7.18. The normalized spacial score (nSPS) is 13.7. The standard InChI is InChI=1S/C28H30BrClN4O4/c1-19-5-9-23(10-6-19)38-25-15-21(29)8-7-20(25)17-32(3)27(36)28(37)34-12-4-11-33(13-14-34)26(35)24-16-22(30)18-31(24)2/h5-10,15-16,18H,4,11-14,17H2,1-3H3. The van der Waals surface area contributed by atoms with Crippen molar-refractivity contribution in [1.29, 1.82) is 0 Å². The van der Waals surface area contributed by atoms with Crippen molar-refractivity contribution >= 4 is 45.3 Å². The minimum Gasteiger partial charge on any atom is -0.457 e. The van der Waals surface area contributed by atoms with Crippen molar-refractivity contribution in [3.8, 4) is 11.5 Å². The van der Waals surface area contributed by atoms with Crippen LogP contribution >= 0.6 is 27.5 Å². The maximum absolute atomic E-state index is 13.1. The fourth-order valence-electron chi connectivity index (χ4n) is 4.34. The topological polar surface area (TPSA) is 75.1 Å². The summed E-state index contributed by atoms with van der Waals surface area (Å²) < 4.78 is 8.62. The highest BCUT2D eigenvalue weighted by molar-refractivity contribution is 9.10. The first kappa shape index (κ1) is 27.7. The molecule has 0 bridgehead atoms. The number of benzene rings is 2. The molecule has 3 aromatic rings. The fourth-order valence-corrected chi connectivity index (χ4v) is 4.93. The van der Waals surface area contributed by atoms with Crippen molar-refractivity contribution in [2.75, 3.05) is 33.2 Å². The summed E-state index contributed by atoms with van der Waals surface area (Å²) in [5.74, 6) is -0.0557. The molecule has 0 unspecified atom stereocenters. The highest BCUT2D eigenvalue weighted by atomic mass is 79.9. The summed E-state index contributed by atoms with van der Waals surface area (Å²) in [4.78, 5) is 43.8. The Labute approximate surface area is 235 Å². The van der Waals surface area contributed by atoms with Gasteiger partial charge in [0.25, 0.3) is 5.91 Å². The highest BCUT2D eigenvalue weighted by Crippen LogP contribution is 2.30. The van der Waals surface area contributed by atoms with E-state index < -0.39 is 11.8 Å². The van der Waals surface area contributed by atoms with Crippen molar-refractivity contribution in [1.82, 2.24) is 19.3 Å². The third-order valence-electron chi connectivity index (χ3n) is 6.48. The van der Waals surface area contributed by atoms with E-state index in [1.807, 2.05) is 49.4 Å². The van der Waals surface area contributed by atoms with Crippen molar-refractivity contribution in [3.05, 3.63) is 81.0 Å². The average molecular weight is 602 g/mol. The Bertz CT molecular complexity index is 1340. The Morgan fingerprint density at radius 3 is 2.37 bits per heavy atom. The molecule has 0 atom stereocenters. The van der Waals surface area contributed by atoms with Crippen molar-refractivity contribution in [2.45, 2.75) is 19.9 Å². The lowest BCUT2D eigenvalue weighted by Crippen LogP contribution is -2.45. The molecule has 1 aromatic heterocycles. The lowest BCUT2D eigenvalue weighted by molar-refractivity contribution is -0.151. The number of aromatic nitrogens is 1. The monoisotopic (exact) mass is 600 g/mol. The van der Waals surface area contributed by atoms with Gasteiger partial charge in [-0.25, -0.2) is 0 Å². The summed E-state index contributed by atoms with van der Waals surface area (Å²) in [6, 6.07) is 14.9. The number of amides is 3. The first-order valence-electron chi connectivity index (χ1n) is 12.3. The quantitative estimate of drug-likeness (QED) is 0.391. The van der Waals surface area contributed by atoms with E-state index in [1.165, 1.54) is 9.80 Å². The van der Waals surface area contributed by atoms with Gasteiger partial charge in [-0.15, -0.1) is 0 Å². The van der Waals surface area contributed by atoms with Gasteiger partial charge in [0.15, 0.2) is 0 Å². The maximum Gasteiger partial charge on any atom is 0.312 e. The number of halogens is 2. The van der Waals surface area contributed by atoms with Crippen LogP contribution in [0.3, 0.4) is 0 Å². The minimum absolute atomic E-state index is 0.145. The number of likely N-dealkylation sites (N-methyl/N-ethyl adjacent to an activating group) is 1. The van der Waals surface area contributed by atoms with Crippen LogP contribution in [0.15, 0.2) is 59.2 Å². The summed E-state index contributed by atoms with van der Waals surface area (Å²) in [5.41, 5.74) is 2.39. The molecule has 0 saturated carbocycles. The molecule has 1 saturated heterocycles. The van der Waals surface area contributed by atoms with Crippen molar-refractivity contribution in [2.24, 2.45) is 7.05 Å². The number of nitrogens with zero attached hydrogens (tertiary/aromatic N) is 4. The van der Waals surface area contributed by atoms with E-state index in [2.05, 4.69) is 15.9 Å². The molecule has 4 rings (SSSR count). The van der Waals surface area contributed by atoms with Crippen molar-refractivity contribution < 1.29 is 19.1 Å². The molecule has 2 heterocycles. The molecule has 200 valence electrons. The van der Waals surface area contributed by atoms with Gasteiger partial charge >= 0.3 is 11.8 Å². The molecule has 1 aliphatic rings. The Hall–Kier alpha value is -3.30. The SMILES string of the molecule is Cc1ccc(Oc2cc(Br)ccc2CN(C)C(=O)C(=O)N2CCCN(C(=O)c3cc(Cl)cn3C)CC2)cc1. The number of ether oxygens (including phenoxy) is 1. The summed E-state index contributed by atoms with van der Waals surface area (Å²) in [7, 11) is 3.37. The average Bonchev–Trinajstić information content (AvgIpc) is 3.07. The van der Waals surface area contributed by atoms with Gasteiger partial charge in [-0.3, -0.25) is 14.4 Å². The largest absolute Gasteiger partial charge is 0.457 e. The van der Waals surface area contributed by atoms with Gasteiger partial charge in [-0.1, -0.05) is 51.3 Å². The minimum atomic E-state index is -0.608. The second kappa shape index (κ2) is 12.0. The molecule has 0 radical (unpaired) electrons. The Balaban J connectivity index is 1.39.